The smallest absolute Gasteiger partial charge is 0.0354 e. The van der Waals surface area contributed by atoms with Gasteiger partial charge in [-0.05, 0) is 85.9 Å². The van der Waals surface area contributed by atoms with Crippen molar-refractivity contribution in [3.8, 4) is 0 Å². The van der Waals surface area contributed by atoms with Crippen LogP contribution in [-0.4, -0.2) is 0 Å². The van der Waals surface area contributed by atoms with E-state index in [0.29, 0.717) is 5.41 Å². The van der Waals surface area contributed by atoms with Crippen LogP contribution in [0.1, 0.15) is 99.3 Å². The third-order valence-electron chi connectivity index (χ3n) is 7.41. The van der Waals surface area contributed by atoms with E-state index in [1.807, 2.05) is 0 Å². The van der Waals surface area contributed by atoms with Crippen molar-refractivity contribution in [3.63, 3.8) is 0 Å². The van der Waals surface area contributed by atoms with E-state index in [4.69, 9.17) is 0 Å². The van der Waals surface area contributed by atoms with Gasteiger partial charge in [-0.2, -0.15) is 0 Å². The number of hydrogen-bond donors (Lipinski definition) is 0. The maximum absolute atomic E-state index is 2.56. The molecule has 0 radical (unpaired) electrons. The van der Waals surface area contributed by atoms with Crippen LogP contribution in [0.15, 0.2) is 0 Å². The van der Waals surface area contributed by atoms with Crippen LogP contribution in [0.25, 0.3) is 0 Å². The molecule has 0 N–H and O–H groups in total. The third kappa shape index (κ3) is 5.00. The Hall–Kier alpha value is 0. The molecule has 0 saturated heterocycles. The van der Waals surface area contributed by atoms with Crippen molar-refractivity contribution >= 4 is 0 Å². The number of hydrogen-bond acceptors (Lipinski definition) is 0. The molecular formula is C22H42. The SMILES string of the molecule is CC1CCC(C(C)CC(C)C2CCC(C(C)(C)C)CC2)CC1. The largest absolute Gasteiger partial charge is 0.0625 e. The average Bonchev–Trinajstić information content (AvgIpc) is 2.47. The fraction of sp³-hybridized carbons (Fsp3) is 1.00. The van der Waals surface area contributed by atoms with Gasteiger partial charge in [0.25, 0.3) is 0 Å². The fourth-order valence-corrected chi connectivity index (χ4v) is 5.38. The Morgan fingerprint density at radius 2 is 1.14 bits per heavy atom. The molecule has 0 aliphatic heterocycles. The Balaban J connectivity index is 1.74. The summed E-state index contributed by atoms with van der Waals surface area (Å²) in [6, 6.07) is 0. The van der Waals surface area contributed by atoms with Crippen LogP contribution in [0.3, 0.4) is 0 Å². The van der Waals surface area contributed by atoms with Gasteiger partial charge in [0, 0.05) is 0 Å². The first-order chi connectivity index (χ1) is 10.3. The van der Waals surface area contributed by atoms with E-state index in [9.17, 15) is 0 Å². The lowest BCUT2D eigenvalue weighted by molar-refractivity contribution is 0.110. The van der Waals surface area contributed by atoms with Gasteiger partial charge in [-0.25, -0.2) is 0 Å². The second-order valence-corrected chi connectivity index (χ2v) is 10.2. The van der Waals surface area contributed by atoms with Crippen molar-refractivity contribution in [2.24, 2.45) is 40.9 Å². The van der Waals surface area contributed by atoms with Crippen LogP contribution in [0.5, 0.6) is 0 Å². The van der Waals surface area contributed by atoms with Crippen LogP contribution < -0.4 is 0 Å². The summed E-state index contributed by atoms with van der Waals surface area (Å²) in [6.45, 7) is 14.9. The van der Waals surface area contributed by atoms with Gasteiger partial charge in [0.1, 0.15) is 0 Å². The van der Waals surface area contributed by atoms with Crippen LogP contribution in [0.2, 0.25) is 0 Å². The average molecular weight is 307 g/mol. The molecule has 0 spiro atoms. The van der Waals surface area contributed by atoms with Crippen molar-refractivity contribution in [2.75, 3.05) is 0 Å². The molecule has 2 saturated carbocycles. The minimum absolute atomic E-state index is 0.528. The molecule has 130 valence electrons. The van der Waals surface area contributed by atoms with Gasteiger partial charge in [-0.15, -0.1) is 0 Å². The summed E-state index contributed by atoms with van der Waals surface area (Å²) in [4.78, 5) is 0. The molecule has 2 fully saturated rings. The second-order valence-electron chi connectivity index (χ2n) is 10.2. The first kappa shape index (κ1) is 18.3. The van der Waals surface area contributed by atoms with E-state index in [1.54, 1.807) is 0 Å². The fourth-order valence-electron chi connectivity index (χ4n) is 5.38. The van der Waals surface area contributed by atoms with E-state index in [2.05, 4.69) is 41.5 Å². The lowest BCUT2D eigenvalue weighted by Gasteiger charge is -2.40. The van der Waals surface area contributed by atoms with Gasteiger partial charge in [0.2, 0.25) is 0 Å². The molecule has 2 aliphatic rings. The maximum Gasteiger partial charge on any atom is -0.0354 e. The molecule has 0 heterocycles. The van der Waals surface area contributed by atoms with Crippen LogP contribution >= 0.6 is 0 Å². The quantitative estimate of drug-likeness (QED) is 0.510. The topological polar surface area (TPSA) is 0 Å². The standard InChI is InChI=1S/C22H42/c1-16-7-9-19(10-8-16)17(2)15-18(3)20-11-13-21(14-12-20)22(4,5)6/h16-21H,7-15H2,1-6H3. The predicted molar refractivity (Wildman–Crippen MR) is 99.0 cm³/mol. The lowest BCUT2D eigenvalue weighted by atomic mass is 9.66. The van der Waals surface area contributed by atoms with Gasteiger partial charge in [0.15, 0.2) is 0 Å². The predicted octanol–water partition coefficient (Wildman–Crippen LogP) is 7.33. The Morgan fingerprint density at radius 1 is 0.727 bits per heavy atom. The summed E-state index contributed by atoms with van der Waals surface area (Å²) in [5.74, 6) is 5.92. The summed E-state index contributed by atoms with van der Waals surface area (Å²) in [5.41, 5.74) is 0.528. The van der Waals surface area contributed by atoms with Gasteiger partial charge in [-0.1, -0.05) is 54.4 Å². The highest BCUT2D eigenvalue weighted by molar-refractivity contribution is 4.84. The Bertz CT molecular complexity index is 307. The van der Waals surface area contributed by atoms with E-state index in [0.717, 1.165) is 35.5 Å². The second kappa shape index (κ2) is 7.71. The van der Waals surface area contributed by atoms with Crippen molar-refractivity contribution < 1.29 is 0 Å². The molecule has 2 rings (SSSR count). The van der Waals surface area contributed by atoms with Crippen LogP contribution in [-0.2, 0) is 0 Å². The molecule has 22 heavy (non-hydrogen) atoms. The zero-order valence-electron chi connectivity index (χ0n) is 16.3. The molecule has 0 amide bonds. The molecule has 2 unspecified atom stereocenters. The Labute approximate surface area is 140 Å². The van der Waals surface area contributed by atoms with Crippen molar-refractivity contribution in [1.29, 1.82) is 0 Å². The van der Waals surface area contributed by atoms with Gasteiger partial charge < -0.3 is 0 Å². The van der Waals surface area contributed by atoms with Crippen LogP contribution in [0.4, 0.5) is 0 Å². The van der Waals surface area contributed by atoms with Crippen molar-refractivity contribution in [1.82, 2.24) is 0 Å². The summed E-state index contributed by atoms with van der Waals surface area (Å²) in [7, 11) is 0. The molecule has 0 bridgehead atoms. The van der Waals surface area contributed by atoms with Crippen molar-refractivity contribution in [2.45, 2.75) is 99.3 Å². The van der Waals surface area contributed by atoms with Crippen molar-refractivity contribution in [3.05, 3.63) is 0 Å². The Kier molecular flexibility index (Phi) is 6.43. The van der Waals surface area contributed by atoms with E-state index in [1.165, 1.54) is 57.8 Å². The molecule has 0 aromatic heterocycles. The van der Waals surface area contributed by atoms with E-state index in [-0.39, 0.29) is 0 Å². The lowest BCUT2D eigenvalue weighted by Crippen LogP contribution is -2.29. The zero-order valence-corrected chi connectivity index (χ0v) is 16.3. The normalized spacial score (nSPS) is 36.8. The number of rotatable bonds is 4. The van der Waals surface area contributed by atoms with E-state index >= 15 is 0 Å². The maximum atomic E-state index is 2.56. The molecule has 0 aromatic carbocycles. The highest BCUT2D eigenvalue weighted by atomic mass is 14.4. The molecular weight excluding hydrogens is 264 g/mol. The first-order valence-corrected chi connectivity index (χ1v) is 10.3. The van der Waals surface area contributed by atoms with Gasteiger partial charge in [0.05, 0.1) is 0 Å². The summed E-state index contributed by atoms with van der Waals surface area (Å²) >= 11 is 0. The highest BCUT2D eigenvalue weighted by Crippen LogP contribution is 2.44. The molecule has 2 aliphatic carbocycles. The monoisotopic (exact) mass is 306 g/mol. The molecule has 0 aromatic rings. The van der Waals surface area contributed by atoms with E-state index < -0.39 is 0 Å². The zero-order chi connectivity index (χ0) is 16.3. The highest BCUT2D eigenvalue weighted by Gasteiger charge is 2.33. The first-order valence-electron chi connectivity index (χ1n) is 10.3. The Morgan fingerprint density at radius 3 is 1.55 bits per heavy atom. The summed E-state index contributed by atoms with van der Waals surface area (Å²) in [5, 5.41) is 0. The molecule has 0 heteroatoms. The molecule has 0 nitrogen and oxygen atoms in total. The molecule has 2 atom stereocenters. The van der Waals surface area contributed by atoms with Crippen LogP contribution in [0, 0.1) is 40.9 Å². The third-order valence-corrected chi connectivity index (χ3v) is 7.41. The summed E-state index contributed by atoms with van der Waals surface area (Å²) < 4.78 is 0. The minimum Gasteiger partial charge on any atom is -0.0625 e. The summed E-state index contributed by atoms with van der Waals surface area (Å²) in [6.07, 6.45) is 13.4. The van der Waals surface area contributed by atoms with Gasteiger partial charge >= 0.3 is 0 Å². The minimum atomic E-state index is 0.528. The van der Waals surface area contributed by atoms with Gasteiger partial charge in [-0.3, -0.25) is 0 Å².